The van der Waals surface area contributed by atoms with Crippen LogP contribution in [0.5, 0.6) is 5.75 Å². The quantitative estimate of drug-likeness (QED) is 0.815. The monoisotopic (exact) mass is 391 g/mol. The zero-order chi connectivity index (χ0) is 20.1. The van der Waals surface area contributed by atoms with Crippen molar-refractivity contribution in [3.8, 4) is 5.75 Å². The molecule has 3 rings (SSSR count). The van der Waals surface area contributed by atoms with Crippen LogP contribution >= 0.6 is 0 Å². The number of anilines is 1. The van der Waals surface area contributed by atoms with E-state index in [0.717, 1.165) is 11.1 Å². The molecule has 5 nitrogen and oxygen atoms in total. The Balaban J connectivity index is 1.93. The molecule has 0 amide bonds. The van der Waals surface area contributed by atoms with Gasteiger partial charge in [-0.05, 0) is 54.6 Å². The number of aliphatic hydroxyl groups excluding tert-OH is 1. The molecule has 2 aromatic rings. The van der Waals surface area contributed by atoms with Crippen LogP contribution in [0.4, 0.5) is 18.9 Å². The third-order valence-corrected chi connectivity index (χ3v) is 4.30. The summed E-state index contributed by atoms with van der Waals surface area (Å²) in [6.07, 6.45) is 4.12. The number of rotatable bonds is 6. The summed E-state index contributed by atoms with van der Waals surface area (Å²) >= 11 is 0. The van der Waals surface area contributed by atoms with Crippen molar-refractivity contribution in [2.24, 2.45) is 0 Å². The first-order chi connectivity index (χ1) is 13.4. The Labute approximate surface area is 161 Å². The number of aliphatic hydroxyl groups is 1. The van der Waals surface area contributed by atoms with E-state index in [1.165, 1.54) is 12.1 Å². The van der Waals surface area contributed by atoms with Crippen molar-refractivity contribution in [2.75, 3.05) is 25.1 Å². The van der Waals surface area contributed by atoms with Crippen LogP contribution < -0.4 is 9.64 Å². The predicted octanol–water partition coefficient (Wildman–Crippen LogP) is 3.65. The number of ether oxygens (including phenoxy) is 1. The molecular formula is C20H20F3N3O2. The van der Waals surface area contributed by atoms with E-state index in [0.29, 0.717) is 12.2 Å². The van der Waals surface area contributed by atoms with Crippen molar-refractivity contribution >= 4 is 11.3 Å². The number of hydrogen-bond acceptors (Lipinski definition) is 5. The lowest BCUT2D eigenvalue weighted by Gasteiger charge is -2.40. The number of allylic oxidation sites excluding steroid dienone is 2. The van der Waals surface area contributed by atoms with Crippen LogP contribution in [0.2, 0.25) is 0 Å². The number of hydrogen-bond donors (Lipinski definition) is 1. The maximum Gasteiger partial charge on any atom is 0.573 e. The zero-order valence-corrected chi connectivity index (χ0v) is 15.2. The fourth-order valence-electron chi connectivity index (χ4n) is 3.11. The van der Waals surface area contributed by atoms with Crippen molar-refractivity contribution in [1.29, 1.82) is 0 Å². The van der Waals surface area contributed by atoms with Crippen LogP contribution in [0, 0.1) is 0 Å². The summed E-state index contributed by atoms with van der Waals surface area (Å²) in [4.78, 5) is 8.06. The predicted molar refractivity (Wildman–Crippen MR) is 100 cm³/mol. The highest BCUT2D eigenvalue weighted by Crippen LogP contribution is 2.33. The van der Waals surface area contributed by atoms with Crippen molar-refractivity contribution in [3.05, 3.63) is 72.7 Å². The molecule has 1 aliphatic rings. The number of alkyl halides is 3. The fraction of sp³-hybridized carbons (Fsp3) is 0.250. The maximum absolute atomic E-state index is 12.4. The average molecular weight is 391 g/mol. The third kappa shape index (κ3) is 4.71. The Kier molecular flexibility index (Phi) is 6.01. The summed E-state index contributed by atoms with van der Waals surface area (Å²) in [6, 6.07) is 9.47. The van der Waals surface area contributed by atoms with Gasteiger partial charge in [-0.15, -0.1) is 13.2 Å². The van der Waals surface area contributed by atoms with E-state index in [-0.39, 0.29) is 18.5 Å². The van der Waals surface area contributed by atoms with Gasteiger partial charge >= 0.3 is 6.36 Å². The number of benzene rings is 1. The van der Waals surface area contributed by atoms with Gasteiger partial charge in [-0.25, -0.2) is 0 Å². The second-order valence-electron chi connectivity index (χ2n) is 6.23. The summed E-state index contributed by atoms with van der Waals surface area (Å²) in [5.74, 6) is -0.277. The van der Waals surface area contributed by atoms with Crippen LogP contribution in [0.1, 0.15) is 5.56 Å². The Morgan fingerprint density at radius 1 is 1.21 bits per heavy atom. The summed E-state index contributed by atoms with van der Waals surface area (Å²) in [6.45, 7) is 0.394. The van der Waals surface area contributed by atoms with Crippen molar-refractivity contribution in [2.45, 2.75) is 12.5 Å². The standard InChI is InChI=1S/C20H20F3N3O2/c1-25(12-13-27)19-18(15-4-2-10-24-14-15)5-3-11-26(19)16-6-8-17(9-7-16)28-20(21,22)23/h2-11,14,19,27H,12-13H2,1H3. The van der Waals surface area contributed by atoms with Crippen LogP contribution in [0.3, 0.4) is 0 Å². The maximum atomic E-state index is 12.4. The largest absolute Gasteiger partial charge is 0.573 e. The summed E-state index contributed by atoms with van der Waals surface area (Å²) < 4.78 is 41.1. The van der Waals surface area contributed by atoms with E-state index in [1.54, 1.807) is 24.5 Å². The Morgan fingerprint density at radius 3 is 2.57 bits per heavy atom. The van der Waals surface area contributed by atoms with Gasteiger partial charge in [0, 0.05) is 30.8 Å². The van der Waals surface area contributed by atoms with Crippen molar-refractivity contribution in [3.63, 3.8) is 0 Å². The molecule has 1 aromatic heterocycles. The topological polar surface area (TPSA) is 48.8 Å². The van der Waals surface area contributed by atoms with Crippen LogP contribution in [-0.4, -0.2) is 47.7 Å². The minimum absolute atomic E-state index is 0.0246. The fourth-order valence-corrected chi connectivity index (χ4v) is 3.11. The highest BCUT2D eigenvalue weighted by Gasteiger charge is 2.32. The minimum Gasteiger partial charge on any atom is -0.406 e. The number of likely N-dealkylation sites (N-methyl/N-ethyl adjacent to an activating group) is 1. The number of pyridine rings is 1. The first kappa shape index (κ1) is 19.9. The van der Waals surface area contributed by atoms with Gasteiger partial charge in [0.05, 0.1) is 6.61 Å². The molecular weight excluding hydrogens is 371 g/mol. The van der Waals surface area contributed by atoms with Gasteiger partial charge in [0.25, 0.3) is 0 Å². The van der Waals surface area contributed by atoms with Gasteiger partial charge in [0.15, 0.2) is 0 Å². The molecule has 1 aromatic carbocycles. The van der Waals surface area contributed by atoms with Gasteiger partial charge in [-0.2, -0.15) is 0 Å². The van der Waals surface area contributed by atoms with E-state index in [2.05, 4.69) is 9.72 Å². The summed E-state index contributed by atoms with van der Waals surface area (Å²) in [5.41, 5.74) is 2.57. The van der Waals surface area contributed by atoms with E-state index in [4.69, 9.17) is 0 Å². The Hall–Kier alpha value is -2.84. The summed E-state index contributed by atoms with van der Waals surface area (Å²) in [5, 5.41) is 9.39. The van der Waals surface area contributed by atoms with E-state index in [9.17, 15) is 18.3 Å². The molecule has 2 heterocycles. The Morgan fingerprint density at radius 2 is 1.96 bits per heavy atom. The lowest BCUT2D eigenvalue weighted by molar-refractivity contribution is -0.274. The first-order valence-corrected chi connectivity index (χ1v) is 8.63. The average Bonchev–Trinajstić information content (AvgIpc) is 2.67. The van der Waals surface area contributed by atoms with Gasteiger partial charge in [0.2, 0.25) is 0 Å². The van der Waals surface area contributed by atoms with Crippen LogP contribution in [0.15, 0.2) is 67.1 Å². The molecule has 0 aliphatic carbocycles. The molecule has 1 unspecified atom stereocenters. The summed E-state index contributed by atoms with van der Waals surface area (Å²) in [7, 11) is 1.87. The third-order valence-electron chi connectivity index (χ3n) is 4.30. The molecule has 0 saturated heterocycles. The van der Waals surface area contributed by atoms with Gasteiger partial charge in [-0.3, -0.25) is 9.88 Å². The normalized spacial score (nSPS) is 17.0. The highest BCUT2D eigenvalue weighted by atomic mass is 19.4. The molecule has 0 bridgehead atoms. The zero-order valence-electron chi connectivity index (χ0n) is 15.2. The highest BCUT2D eigenvalue weighted by molar-refractivity contribution is 5.76. The first-order valence-electron chi connectivity index (χ1n) is 8.63. The second-order valence-corrected chi connectivity index (χ2v) is 6.23. The van der Waals surface area contributed by atoms with Crippen molar-refractivity contribution in [1.82, 2.24) is 9.88 Å². The van der Waals surface area contributed by atoms with E-state index < -0.39 is 6.36 Å². The molecule has 0 radical (unpaired) electrons. The smallest absolute Gasteiger partial charge is 0.406 e. The molecule has 1 N–H and O–H groups in total. The molecule has 148 valence electrons. The SMILES string of the molecule is CN(CCO)C1C(c2cccnc2)=CC=CN1c1ccc(OC(F)(F)F)cc1. The van der Waals surface area contributed by atoms with E-state index in [1.807, 2.05) is 47.3 Å². The van der Waals surface area contributed by atoms with Crippen LogP contribution in [-0.2, 0) is 0 Å². The number of halogens is 3. The van der Waals surface area contributed by atoms with Gasteiger partial charge in [-0.1, -0.05) is 12.1 Å². The molecule has 0 fully saturated rings. The molecule has 1 aliphatic heterocycles. The van der Waals surface area contributed by atoms with Gasteiger partial charge < -0.3 is 14.7 Å². The minimum atomic E-state index is -4.73. The van der Waals surface area contributed by atoms with Crippen LogP contribution in [0.25, 0.3) is 5.57 Å². The van der Waals surface area contributed by atoms with E-state index >= 15 is 0 Å². The molecule has 8 heteroatoms. The number of aromatic nitrogens is 1. The number of nitrogens with zero attached hydrogens (tertiary/aromatic N) is 3. The molecule has 0 saturated carbocycles. The lowest BCUT2D eigenvalue weighted by Crippen LogP contribution is -2.47. The second kappa shape index (κ2) is 8.45. The van der Waals surface area contributed by atoms with Gasteiger partial charge in [0.1, 0.15) is 11.9 Å². The van der Waals surface area contributed by atoms with Crippen molar-refractivity contribution < 1.29 is 23.0 Å². The molecule has 0 spiro atoms. The molecule has 28 heavy (non-hydrogen) atoms. The lowest BCUT2D eigenvalue weighted by atomic mass is 10.00. The Bertz CT molecular complexity index is 836. The molecule has 1 atom stereocenters.